The standard InChI is InChI=1S/C14H24O2/c1-11(2)12-5-3-7-14(15,9-12)13-6-4-8-16-10-13/h10-12,15H,3-9H2,1-2H3. The summed E-state index contributed by atoms with van der Waals surface area (Å²) in [6.07, 6.45) is 8.17. The zero-order chi connectivity index (χ0) is 11.6. The molecule has 16 heavy (non-hydrogen) atoms. The molecule has 2 rings (SSSR count). The molecule has 1 N–H and O–H groups in total. The van der Waals surface area contributed by atoms with E-state index in [1.807, 2.05) is 6.26 Å². The van der Waals surface area contributed by atoms with Crippen LogP contribution in [-0.2, 0) is 4.74 Å². The molecule has 0 bridgehead atoms. The van der Waals surface area contributed by atoms with E-state index in [-0.39, 0.29) is 0 Å². The van der Waals surface area contributed by atoms with E-state index in [1.165, 1.54) is 6.42 Å². The van der Waals surface area contributed by atoms with Crippen LogP contribution >= 0.6 is 0 Å². The van der Waals surface area contributed by atoms with Gasteiger partial charge in [0.1, 0.15) is 0 Å². The Morgan fingerprint density at radius 2 is 2.25 bits per heavy atom. The monoisotopic (exact) mass is 224 g/mol. The highest BCUT2D eigenvalue weighted by molar-refractivity contribution is 5.17. The number of hydrogen-bond donors (Lipinski definition) is 1. The highest BCUT2D eigenvalue weighted by Crippen LogP contribution is 2.42. The van der Waals surface area contributed by atoms with E-state index in [9.17, 15) is 5.11 Å². The summed E-state index contributed by atoms with van der Waals surface area (Å²) in [4.78, 5) is 0. The molecule has 0 aromatic heterocycles. The van der Waals surface area contributed by atoms with Crippen LogP contribution in [0.4, 0.5) is 0 Å². The summed E-state index contributed by atoms with van der Waals surface area (Å²) < 4.78 is 5.37. The van der Waals surface area contributed by atoms with Gasteiger partial charge in [0, 0.05) is 0 Å². The first-order valence-electron chi connectivity index (χ1n) is 6.65. The van der Waals surface area contributed by atoms with Crippen molar-refractivity contribution < 1.29 is 9.84 Å². The zero-order valence-corrected chi connectivity index (χ0v) is 10.5. The molecule has 2 unspecified atom stereocenters. The molecular weight excluding hydrogens is 200 g/mol. The Kier molecular flexibility index (Phi) is 3.58. The van der Waals surface area contributed by atoms with Crippen LogP contribution in [0.5, 0.6) is 0 Å². The third-order valence-electron chi connectivity index (χ3n) is 4.24. The fourth-order valence-corrected chi connectivity index (χ4v) is 3.06. The third-order valence-corrected chi connectivity index (χ3v) is 4.24. The summed E-state index contributed by atoms with van der Waals surface area (Å²) in [5.41, 5.74) is 0.581. The Labute approximate surface area is 98.7 Å². The second-order valence-corrected chi connectivity index (χ2v) is 5.75. The van der Waals surface area contributed by atoms with E-state index in [2.05, 4.69) is 13.8 Å². The first-order valence-corrected chi connectivity index (χ1v) is 6.65. The van der Waals surface area contributed by atoms with Gasteiger partial charge in [-0.3, -0.25) is 0 Å². The van der Waals surface area contributed by atoms with Gasteiger partial charge in [-0.1, -0.05) is 13.8 Å². The van der Waals surface area contributed by atoms with E-state index in [0.29, 0.717) is 11.8 Å². The average molecular weight is 224 g/mol. The SMILES string of the molecule is CC(C)C1CCCC(O)(C2=COCCC2)C1. The van der Waals surface area contributed by atoms with Gasteiger partial charge in [-0.15, -0.1) is 0 Å². The van der Waals surface area contributed by atoms with E-state index in [1.54, 1.807) is 0 Å². The van der Waals surface area contributed by atoms with Crippen molar-refractivity contribution in [3.05, 3.63) is 11.8 Å². The molecule has 1 saturated carbocycles. The first-order chi connectivity index (χ1) is 7.62. The average Bonchev–Trinajstić information content (AvgIpc) is 2.30. The number of rotatable bonds is 2. The van der Waals surface area contributed by atoms with Gasteiger partial charge < -0.3 is 9.84 Å². The molecular formula is C14H24O2. The van der Waals surface area contributed by atoms with Crippen molar-refractivity contribution in [2.45, 2.75) is 58.0 Å². The van der Waals surface area contributed by atoms with Crippen molar-refractivity contribution in [2.24, 2.45) is 11.8 Å². The molecule has 1 heterocycles. The molecule has 0 radical (unpaired) electrons. The van der Waals surface area contributed by atoms with Gasteiger partial charge in [0.25, 0.3) is 0 Å². The van der Waals surface area contributed by atoms with Crippen molar-refractivity contribution in [3.8, 4) is 0 Å². The first kappa shape index (κ1) is 12.0. The van der Waals surface area contributed by atoms with E-state index < -0.39 is 5.60 Å². The Bertz CT molecular complexity index is 270. The topological polar surface area (TPSA) is 29.5 Å². The van der Waals surface area contributed by atoms with Crippen molar-refractivity contribution in [3.63, 3.8) is 0 Å². The van der Waals surface area contributed by atoms with Crippen molar-refractivity contribution >= 4 is 0 Å². The molecule has 2 heteroatoms. The molecule has 92 valence electrons. The number of aliphatic hydroxyl groups is 1. The highest BCUT2D eigenvalue weighted by atomic mass is 16.5. The maximum absolute atomic E-state index is 10.8. The molecule has 2 atom stereocenters. The summed E-state index contributed by atoms with van der Waals surface area (Å²) in [7, 11) is 0. The molecule has 0 aromatic rings. The van der Waals surface area contributed by atoms with Gasteiger partial charge in [-0.2, -0.15) is 0 Å². The van der Waals surface area contributed by atoms with Crippen LogP contribution in [0.2, 0.25) is 0 Å². The van der Waals surface area contributed by atoms with Gasteiger partial charge in [-0.05, 0) is 55.9 Å². The summed E-state index contributed by atoms with van der Waals surface area (Å²) in [6.45, 7) is 5.34. The Morgan fingerprint density at radius 1 is 1.44 bits per heavy atom. The normalized spacial score (nSPS) is 35.8. The lowest BCUT2D eigenvalue weighted by Gasteiger charge is -2.40. The van der Waals surface area contributed by atoms with Crippen LogP contribution in [0.15, 0.2) is 11.8 Å². The molecule has 1 aliphatic carbocycles. The largest absolute Gasteiger partial charge is 0.501 e. The number of ether oxygens (including phenoxy) is 1. The molecule has 0 spiro atoms. The van der Waals surface area contributed by atoms with E-state index in [0.717, 1.165) is 44.3 Å². The van der Waals surface area contributed by atoms with Gasteiger partial charge >= 0.3 is 0 Å². The fourth-order valence-electron chi connectivity index (χ4n) is 3.06. The van der Waals surface area contributed by atoms with Crippen LogP contribution < -0.4 is 0 Å². The van der Waals surface area contributed by atoms with Gasteiger partial charge in [0.2, 0.25) is 0 Å². The van der Waals surface area contributed by atoms with Crippen molar-refractivity contribution in [1.82, 2.24) is 0 Å². The predicted octanol–water partition coefficient (Wildman–Crippen LogP) is 3.26. The third kappa shape index (κ3) is 2.42. The van der Waals surface area contributed by atoms with Crippen LogP contribution in [0, 0.1) is 11.8 Å². The van der Waals surface area contributed by atoms with Crippen LogP contribution in [0.25, 0.3) is 0 Å². The molecule has 2 aliphatic rings. The lowest BCUT2D eigenvalue weighted by atomic mass is 9.70. The van der Waals surface area contributed by atoms with Gasteiger partial charge in [-0.25, -0.2) is 0 Å². The van der Waals surface area contributed by atoms with Gasteiger partial charge in [0.05, 0.1) is 18.5 Å². The minimum absolute atomic E-state index is 0.562. The maximum atomic E-state index is 10.8. The molecule has 1 fully saturated rings. The molecule has 0 saturated heterocycles. The summed E-state index contributed by atoms with van der Waals surface area (Å²) in [6, 6.07) is 0. The predicted molar refractivity (Wildman–Crippen MR) is 65.0 cm³/mol. The van der Waals surface area contributed by atoms with E-state index >= 15 is 0 Å². The fraction of sp³-hybridized carbons (Fsp3) is 0.857. The summed E-state index contributed by atoms with van der Waals surface area (Å²) in [5, 5.41) is 10.8. The summed E-state index contributed by atoms with van der Waals surface area (Å²) in [5.74, 6) is 1.35. The minimum atomic E-state index is -0.562. The quantitative estimate of drug-likeness (QED) is 0.780. The van der Waals surface area contributed by atoms with Crippen LogP contribution in [0.3, 0.4) is 0 Å². The Morgan fingerprint density at radius 3 is 2.88 bits per heavy atom. The van der Waals surface area contributed by atoms with Crippen molar-refractivity contribution in [1.29, 1.82) is 0 Å². The molecule has 0 aromatic carbocycles. The lowest BCUT2D eigenvalue weighted by Crippen LogP contribution is -2.39. The van der Waals surface area contributed by atoms with Crippen LogP contribution in [-0.4, -0.2) is 17.3 Å². The van der Waals surface area contributed by atoms with E-state index in [4.69, 9.17) is 4.74 Å². The Hall–Kier alpha value is -0.500. The number of hydrogen-bond acceptors (Lipinski definition) is 2. The highest BCUT2D eigenvalue weighted by Gasteiger charge is 2.38. The second-order valence-electron chi connectivity index (χ2n) is 5.75. The van der Waals surface area contributed by atoms with Crippen molar-refractivity contribution in [2.75, 3.05) is 6.61 Å². The van der Waals surface area contributed by atoms with Gasteiger partial charge in [0.15, 0.2) is 0 Å². The Balaban J connectivity index is 2.08. The molecule has 2 nitrogen and oxygen atoms in total. The smallest absolute Gasteiger partial charge is 0.0891 e. The molecule has 0 amide bonds. The zero-order valence-electron chi connectivity index (χ0n) is 10.5. The lowest BCUT2D eigenvalue weighted by molar-refractivity contribution is -0.00212. The summed E-state index contributed by atoms with van der Waals surface area (Å²) >= 11 is 0. The maximum Gasteiger partial charge on any atom is 0.0891 e. The molecule has 1 aliphatic heterocycles. The van der Waals surface area contributed by atoms with Crippen LogP contribution in [0.1, 0.15) is 52.4 Å². The second kappa shape index (κ2) is 4.79. The minimum Gasteiger partial charge on any atom is -0.501 e.